The number of aromatic nitrogens is 1. The second-order valence-electron chi connectivity index (χ2n) is 4.36. The maximum atomic E-state index is 11.5. The lowest BCUT2D eigenvalue weighted by atomic mass is 10.3. The highest BCUT2D eigenvalue weighted by molar-refractivity contribution is 9.10. The second-order valence-corrected chi connectivity index (χ2v) is 5.96. The largest absolute Gasteiger partial charge is 0.495 e. The fourth-order valence-corrected chi connectivity index (χ4v) is 2.96. The van der Waals surface area contributed by atoms with E-state index in [-0.39, 0.29) is 5.97 Å². The number of hydrogen-bond donors (Lipinski definition) is 0. The Hall–Kier alpha value is -1.47. The Balaban J connectivity index is 2.00. The minimum atomic E-state index is -0.365. The molecule has 2 aromatic rings. The van der Waals surface area contributed by atoms with Crippen LogP contribution in [0.4, 0.5) is 0 Å². The Morgan fingerprint density at radius 3 is 2.64 bits per heavy atom. The highest BCUT2D eigenvalue weighted by Gasteiger charge is 2.11. The van der Waals surface area contributed by atoms with Gasteiger partial charge in [-0.1, -0.05) is 6.07 Å². The predicted octanol–water partition coefficient (Wildman–Crippen LogP) is 3.89. The van der Waals surface area contributed by atoms with E-state index in [1.165, 1.54) is 7.11 Å². The smallest absolute Gasteiger partial charge is 0.339 e. The molecular weight excluding hydrogens is 418 g/mol. The van der Waals surface area contributed by atoms with Crippen LogP contribution in [0.3, 0.4) is 0 Å². The third-order valence-electron chi connectivity index (χ3n) is 3.00. The van der Waals surface area contributed by atoms with Crippen LogP contribution in [0.15, 0.2) is 39.5 Å². The maximum absolute atomic E-state index is 11.5. The summed E-state index contributed by atoms with van der Waals surface area (Å²) in [5, 5.41) is 0. The van der Waals surface area contributed by atoms with Crippen LogP contribution in [0, 0.1) is 0 Å². The van der Waals surface area contributed by atoms with Crippen LogP contribution >= 0.6 is 31.9 Å². The van der Waals surface area contributed by atoms with E-state index in [1.807, 2.05) is 22.8 Å². The van der Waals surface area contributed by atoms with Gasteiger partial charge >= 0.3 is 5.97 Å². The second kappa shape index (κ2) is 7.69. The van der Waals surface area contributed by atoms with Gasteiger partial charge in [0.15, 0.2) is 0 Å². The van der Waals surface area contributed by atoms with Gasteiger partial charge in [-0.15, -0.1) is 0 Å². The molecule has 7 heteroatoms. The van der Waals surface area contributed by atoms with Gasteiger partial charge in [-0.25, -0.2) is 4.79 Å². The minimum absolute atomic E-state index is 0.365. The number of ether oxygens (including phenoxy) is 3. The zero-order valence-corrected chi connectivity index (χ0v) is 15.3. The minimum Gasteiger partial charge on any atom is -0.495 e. The van der Waals surface area contributed by atoms with Crippen LogP contribution in [0.5, 0.6) is 11.5 Å². The lowest BCUT2D eigenvalue weighted by Gasteiger charge is -2.11. The van der Waals surface area contributed by atoms with E-state index in [0.717, 1.165) is 9.08 Å². The monoisotopic (exact) mass is 431 g/mol. The third-order valence-corrected chi connectivity index (χ3v) is 4.47. The summed E-state index contributed by atoms with van der Waals surface area (Å²) in [5.41, 5.74) is 0.497. The Morgan fingerprint density at radius 1 is 1.23 bits per heavy atom. The van der Waals surface area contributed by atoms with Gasteiger partial charge in [-0.3, -0.25) is 0 Å². The van der Waals surface area contributed by atoms with Crippen molar-refractivity contribution in [1.82, 2.24) is 4.57 Å². The lowest BCUT2D eigenvalue weighted by Crippen LogP contribution is -2.08. The number of carbonyl (C=O) groups is 1. The van der Waals surface area contributed by atoms with Gasteiger partial charge in [0, 0.05) is 6.20 Å². The standard InChI is InChI=1S/C15H15Br2NO4/c1-20-11-4-3-5-12(14(11)17)22-7-6-18-9-10(8-13(18)16)15(19)21-2/h3-5,8-9H,6-7H2,1-2H3. The van der Waals surface area contributed by atoms with Gasteiger partial charge in [-0.2, -0.15) is 0 Å². The summed E-state index contributed by atoms with van der Waals surface area (Å²) in [7, 11) is 2.96. The van der Waals surface area contributed by atoms with Crippen LogP contribution < -0.4 is 9.47 Å². The fraction of sp³-hybridized carbons (Fsp3) is 0.267. The van der Waals surface area contributed by atoms with Crippen molar-refractivity contribution in [3.8, 4) is 11.5 Å². The summed E-state index contributed by atoms with van der Waals surface area (Å²) in [6.45, 7) is 1.03. The molecule has 0 unspecified atom stereocenters. The van der Waals surface area contributed by atoms with Crippen molar-refractivity contribution >= 4 is 37.8 Å². The van der Waals surface area contributed by atoms with Gasteiger partial charge in [0.2, 0.25) is 0 Å². The van der Waals surface area contributed by atoms with Crippen molar-refractivity contribution < 1.29 is 19.0 Å². The SMILES string of the molecule is COC(=O)c1cc(Br)n(CCOc2cccc(OC)c2Br)c1. The first-order valence-electron chi connectivity index (χ1n) is 6.46. The Kier molecular flexibility index (Phi) is 5.90. The van der Waals surface area contributed by atoms with Crippen molar-refractivity contribution in [1.29, 1.82) is 0 Å². The van der Waals surface area contributed by atoms with Crippen LogP contribution in [0.1, 0.15) is 10.4 Å². The number of nitrogens with zero attached hydrogens (tertiary/aromatic N) is 1. The summed E-state index contributed by atoms with van der Waals surface area (Å²) in [5.74, 6) is 1.05. The molecule has 0 bridgehead atoms. The first-order chi connectivity index (χ1) is 10.6. The molecule has 0 saturated carbocycles. The topological polar surface area (TPSA) is 49.7 Å². The van der Waals surface area contributed by atoms with E-state index >= 15 is 0 Å². The van der Waals surface area contributed by atoms with Gasteiger partial charge in [-0.05, 0) is 50.1 Å². The zero-order chi connectivity index (χ0) is 16.1. The number of benzene rings is 1. The van der Waals surface area contributed by atoms with Gasteiger partial charge in [0.1, 0.15) is 22.6 Å². The van der Waals surface area contributed by atoms with Crippen LogP contribution in [-0.2, 0) is 11.3 Å². The van der Waals surface area contributed by atoms with Crippen LogP contribution in [0.25, 0.3) is 0 Å². The quantitative estimate of drug-likeness (QED) is 0.649. The number of halogens is 2. The molecular formula is C15H15Br2NO4. The highest BCUT2D eigenvalue weighted by Crippen LogP contribution is 2.33. The highest BCUT2D eigenvalue weighted by atomic mass is 79.9. The number of esters is 1. The van der Waals surface area contributed by atoms with Gasteiger partial charge in [0.25, 0.3) is 0 Å². The Bertz CT molecular complexity index is 670. The maximum Gasteiger partial charge on any atom is 0.339 e. The number of carbonyl (C=O) groups excluding carboxylic acids is 1. The molecule has 0 aliphatic heterocycles. The van der Waals surface area contributed by atoms with Crippen molar-refractivity contribution in [2.75, 3.05) is 20.8 Å². The van der Waals surface area contributed by atoms with Crippen LogP contribution in [0.2, 0.25) is 0 Å². The summed E-state index contributed by atoms with van der Waals surface area (Å²) >= 11 is 6.86. The van der Waals surface area contributed by atoms with Gasteiger partial charge in [0.05, 0.1) is 30.9 Å². The van der Waals surface area contributed by atoms with E-state index < -0.39 is 0 Å². The molecule has 0 aliphatic carbocycles. The normalized spacial score (nSPS) is 10.4. The average molecular weight is 433 g/mol. The molecule has 22 heavy (non-hydrogen) atoms. The number of hydrogen-bond acceptors (Lipinski definition) is 4. The van der Waals surface area contributed by atoms with Crippen molar-refractivity contribution in [2.45, 2.75) is 6.54 Å². The molecule has 1 aromatic carbocycles. The molecule has 0 aliphatic rings. The Labute approximate surface area is 145 Å². The van der Waals surface area contributed by atoms with Crippen molar-refractivity contribution in [2.24, 2.45) is 0 Å². The van der Waals surface area contributed by atoms with Crippen LogP contribution in [-0.4, -0.2) is 31.4 Å². The van der Waals surface area contributed by atoms with E-state index in [9.17, 15) is 4.79 Å². The molecule has 1 aromatic heterocycles. The van der Waals surface area contributed by atoms with Crippen molar-refractivity contribution in [3.63, 3.8) is 0 Å². The lowest BCUT2D eigenvalue weighted by molar-refractivity contribution is 0.0600. The molecule has 2 rings (SSSR count). The first kappa shape index (κ1) is 16.9. The number of methoxy groups -OCH3 is 2. The summed E-state index contributed by atoms with van der Waals surface area (Å²) in [6.07, 6.45) is 1.72. The molecule has 5 nitrogen and oxygen atoms in total. The molecule has 0 N–H and O–H groups in total. The predicted molar refractivity (Wildman–Crippen MR) is 89.7 cm³/mol. The summed E-state index contributed by atoms with van der Waals surface area (Å²) < 4.78 is 19.1. The van der Waals surface area contributed by atoms with Crippen molar-refractivity contribution in [3.05, 3.63) is 45.1 Å². The van der Waals surface area contributed by atoms with E-state index in [1.54, 1.807) is 19.4 Å². The first-order valence-corrected chi connectivity index (χ1v) is 8.04. The average Bonchev–Trinajstić information content (AvgIpc) is 2.89. The molecule has 118 valence electrons. The fourth-order valence-electron chi connectivity index (χ4n) is 1.89. The zero-order valence-electron chi connectivity index (χ0n) is 12.1. The molecule has 0 amide bonds. The molecule has 0 atom stereocenters. The molecule has 0 saturated heterocycles. The van der Waals surface area contributed by atoms with E-state index in [0.29, 0.717) is 30.2 Å². The van der Waals surface area contributed by atoms with Gasteiger partial charge < -0.3 is 18.8 Å². The number of rotatable bonds is 6. The molecule has 0 radical (unpaired) electrons. The summed E-state index contributed by atoms with van der Waals surface area (Å²) in [6, 6.07) is 7.28. The van der Waals surface area contributed by atoms with E-state index in [2.05, 4.69) is 31.9 Å². The van der Waals surface area contributed by atoms with E-state index in [4.69, 9.17) is 14.2 Å². The third kappa shape index (κ3) is 3.84. The Morgan fingerprint density at radius 2 is 1.95 bits per heavy atom. The summed E-state index contributed by atoms with van der Waals surface area (Å²) in [4.78, 5) is 11.5. The molecule has 1 heterocycles. The molecule has 0 spiro atoms. The molecule has 0 fully saturated rings.